The number of hydrogen-bond donors (Lipinski definition) is 2. The normalized spacial score (nSPS) is 21.4. The van der Waals surface area contributed by atoms with Gasteiger partial charge >= 0.3 is 6.03 Å². The molecule has 1 saturated heterocycles. The lowest BCUT2D eigenvalue weighted by Crippen LogP contribution is -2.52. The van der Waals surface area contributed by atoms with E-state index in [-0.39, 0.29) is 12.1 Å². The molecule has 2 rings (SSSR count). The van der Waals surface area contributed by atoms with Crippen molar-refractivity contribution < 1.29 is 13.2 Å². The molecule has 1 heterocycles. The topological polar surface area (TPSA) is 81.8 Å². The third-order valence-corrected chi connectivity index (χ3v) is 7.26. The van der Waals surface area contributed by atoms with E-state index < -0.39 is 10.2 Å². The van der Waals surface area contributed by atoms with Gasteiger partial charge in [-0.1, -0.05) is 32.6 Å². The maximum absolute atomic E-state index is 12.5. The molecular weight excluding hydrogens is 340 g/mol. The predicted octanol–water partition coefficient (Wildman–Crippen LogP) is 2.06. The number of piperidine rings is 1. The minimum atomic E-state index is -3.37. The molecule has 146 valence electrons. The molecule has 0 spiro atoms. The van der Waals surface area contributed by atoms with Gasteiger partial charge in [-0.15, -0.1) is 0 Å². The quantitative estimate of drug-likeness (QED) is 0.716. The summed E-state index contributed by atoms with van der Waals surface area (Å²) >= 11 is 0. The molecule has 2 fully saturated rings. The highest BCUT2D eigenvalue weighted by Gasteiger charge is 2.31. The van der Waals surface area contributed by atoms with E-state index in [1.165, 1.54) is 23.6 Å². The maximum atomic E-state index is 12.5. The third-order valence-electron chi connectivity index (χ3n) is 5.28. The van der Waals surface area contributed by atoms with E-state index in [1.54, 1.807) is 11.4 Å². The van der Waals surface area contributed by atoms with Gasteiger partial charge in [0, 0.05) is 38.8 Å². The lowest BCUT2D eigenvalue weighted by molar-refractivity contribution is 0.219. The van der Waals surface area contributed by atoms with Crippen molar-refractivity contribution in [2.75, 3.05) is 26.7 Å². The molecule has 25 heavy (non-hydrogen) atoms. The SMILES string of the molecule is CCCCN(C)S(=O)(=O)N1CCC(NC(=O)NC2CCCCC2)CC1. The Hall–Kier alpha value is -0.860. The number of amides is 2. The first kappa shape index (κ1) is 20.5. The fourth-order valence-electron chi connectivity index (χ4n) is 3.58. The van der Waals surface area contributed by atoms with Gasteiger partial charge in [-0.3, -0.25) is 0 Å². The minimum Gasteiger partial charge on any atom is -0.335 e. The van der Waals surface area contributed by atoms with Gasteiger partial charge in [0.15, 0.2) is 0 Å². The zero-order valence-electron chi connectivity index (χ0n) is 15.7. The summed E-state index contributed by atoms with van der Waals surface area (Å²) in [6, 6.07) is 0.241. The summed E-state index contributed by atoms with van der Waals surface area (Å²) in [6.45, 7) is 3.54. The Morgan fingerprint density at radius 1 is 1.04 bits per heavy atom. The Kier molecular flexibility index (Phi) is 7.96. The van der Waals surface area contributed by atoms with Crippen LogP contribution in [0, 0.1) is 0 Å². The maximum Gasteiger partial charge on any atom is 0.315 e. The second-order valence-corrected chi connectivity index (χ2v) is 9.34. The number of nitrogens with one attached hydrogen (secondary N) is 2. The van der Waals surface area contributed by atoms with Crippen molar-refractivity contribution in [3.05, 3.63) is 0 Å². The molecule has 0 aromatic rings. The van der Waals surface area contributed by atoms with Crippen molar-refractivity contribution in [2.24, 2.45) is 0 Å². The molecule has 1 aliphatic carbocycles. The molecule has 1 saturated carbocycles. The van der Waals surface area contributed by atoms with Gasteiger partial charge in [0.25, 0.3) is 10.2 Å². The Morgan fingerprint density at radius 3 is 2.16 bits per heavy atom. The summed E-state index contributed by atoms with van der Waals surface area (Å²) in [5.41, 5.74) is 0. The molecule has 0 aromatic carbocycles. The van der Waals surface area contributed by atoms with E-state index in [2.05, 4.69) is 17.6 Å². The van der Waals surface area contributed by atoms with E-state index in [9.17, 15) is 13.2 Å². The Balaban J connectivity index is 1.74. The summed E-state index contributed by atoms with van der Waals surface area (Å²) < 4.78 is 28.1. The Labute approximate surface area is 152 Å². The molecule has 2 aliphatic rings. The van der Waals surface area contributed by atoms with Gasteiger partial charge in [0.1, 0.15) is 0 Å². The summed E-state index contributed by atoms with van der Waals surface area (Å²) in [4.78, 5) is 12.1. The molecule has 0 radical (unpaired) electrons. The summed E-state index contributed by atoms with van der Waals surface area (Å²) in [6.07, 6.45) is 8.94. The lowest BCUT2D eigenvalue weighted by atomic mass is 9.96. The van der Waals surface area contributed by atoms with Crippen LogP contribution < -0.4 is 10.6 Å². The molecule has 8 heteroatoms. The van der Waals surface area contributed by atoms with Crippen LogP contribution in [0.2, 0.25) is 0 Å². The summed E-state index contributed by atoms with van der Waals surface area (Å²) in [7, 11) is -1.72. The molecule has 0 atom stereocenters. The second-order valence-electron chi connectivity index (χ2n) is 7.31. The van der Waals surface area contributed by atoms with Crippen LogP contribution in [0.25, 0.3) is 0 Å². The van der Waals surface area contributed by atoms with Crippen molar-refractivity contribution >= 4 is 16.2 Å². The zero-order valence-corrected chi connectivity index (χ0v) is 16.5. The summed E-state index contributed by atoms with van der Waals surface area (Å²) in [5, 5.41) is 6.08. The Morgan fingerprint density at radius 2 is 1.60 bits per heavy atom. The van der Waals surface area contributed by atoms with Crippen molar-refractivity contribution in [2.45, 2.75) is 76.8 Å². The Bertz CT molecular complexity index is 512. The first-order valence-electron chi connectivity index (χ1n) is 9.72. The largest absolute Gasteiger partial charge is 0.335 e. The zero-order chi connectivity index (χ0) is 18.3. The van der Waals surface area contributed by atoms with Crippen LogP contribution in [0.5, 0.6) is 0 Å². The standard InChI is InChI=1S/C17H34N4O3S/c1-3-4-12-20(2)25(23,24)21-13-10-16(11-14-21)19-17(22)18-15-8-6-5-7-9-15/h15-16H,3-14H2,1-2H3,(H2,18,19,22). The fourth-order valence-corrected chi connectivity index (χ4v) is 5.01. The highest BCUT2D eigenvalue weighted by Crippen LogP contribution is 2.18. The van der Waals surface area contributed by atoms with Crippen molar-refractivity contribution in [1.29, 1.82) is 0 Å². The fraction of sp³-hybridized carbons (Fsp3) is 0.941. The molecule has 2 N–H and O–H groups in total. The average Bonchev–Trinajstić information content (AvgIpc) is 2.60. The van der Waals surface area contributed by atoms with Crippen LogP contribution in [0.4, 0.5) is 4.79 Å². The molecular formula is C17H34N4O3S. The second kappa shape index (κ2) is 9.73. The number of carbonyl (C=O) groups is 1. The first-order chi connectivity index (χ1) is 11.9. The van der Waals surface area contributed by atoms with Crippen molar-refractivity contribution in [1.82, 2.24) is 19.2 Å². The van der Waals surface area contributed by atoms with E-state index >= 15 is 0 Å². The van der Waals surface area contributed by atoms with E-state index in [4.69, 9.17) is 0 Å². The summed E-state index contributed by atoms with van der Waals surface area (Å²) in [5.74, 6) is 0. The van der Waals surface area contributed by atoms with E-state index in [1.807, 2.05) is 0 Å². The van der Waals surface area contributed by atoms with Gasteiger partial charge in [-0.25, -0.2) is 4.79 Å². The third kappa shape index (κ3) is 6.11. The van der Waals surface area contributed by atoms with E-state index in [0.29, 0.717) is 38.5 Å². The smallest absolute Gasteiger partial charge is 0.315 e. The average molecular weight is 375 g/mol. The van der Waals surface area contributed by atoms with Crippen LogP contribution in [-0.2, 0) is 10.2 Å². The number of carbonyl (C=O) groups excluding carboxylic acids is 1. The predicted molar refractivity (Wildman–Crippen MR) is 99.6 cm³/mol. The van der Waals surface area contributed by atoms with Gasteiger partial charge in [-0.2, -0.15) is 17.0 Å². The molecule has 7 nitrogen and oxygen atoms in total. The first-order valence-corrected chi connectivity index (χ1v) is 11.1. The van der Waals surface area contributed by atoms with Crippen LogP contribution in [0.3, 0.4) is 0 Å². The molecule has 0 aromatic heterocycles. The number of nitrogens with zero attached hydrogens (tertiary/aromatic N) is 2. The van der Waals surface area contributed by atoms with Gasteiger partial charge in [0.2, 0.25) is 0 Å². The van der Waals surface area contributed by atoms with Crippen LogP contribution in [0.15, 0.2) is 0 Å². The monoisotopic (exact) mass is 374 g/mol. The number of rotatable bonds is 7. The van der Waals surface area contributed by atoms with Crippen LogP contribution >= 0.6 is 0 Å². The van der Waals surface area contributed by atoms with Gasteiger partial charge in [0.05, 0.1) is 0 Å². The number of urea groups is 1. The van der Waals surface area contributed by atoms with Gasteiger partial charge in [-0.05, 0) is 32.1 Å². The van der Waals surface area contributed by atoms with Crippen molar-refractivity contribution in [3.8, 4) is 0 Å². The lowest BCUT2D eigenvalue weighted by Gasteiger charge is -2.34. The van der Waals surface area contributed by atoms with Crippen molar-refractivity contribution in [3.63, 3.8) is 0 Å². The molecule has 2 amide bonds. The molecule has 0 unspecified atom stereocenters. The van der Waals surface area contributed by atoms with Crippen LogP contribution in [-0.4, -0.2) is 61.8 Å². The molecule has 1 aliphatic heterocycles. The molecule has 0 bridgehead atoms. The van der Waals surface area contributed by atoms with Crippen LogP contribution in [0.1, 0.15) is 64.7 Å². The minimum absolute atomic E-state index is 0.0518. The number of hydrogen-bond acceptors (Lipinski definition) is 3. The van der Waals surface area contributed by atoms with E-state index in [0.717, 1.165) is 25.7 Å². The highest BCUT2D eigenvalue weighted by atomic mass is 32.2. The highest BCUT2D eigenvalue weighted by molar-refractivity contribution is 7.86. The number of unbranched alkanes of at least 4 members (excludes halogenated alkanes) is 1. The van der Waals surface area contributed by atoms with Gasteiger partial charge < -0.3 is 10.6 Å².